The molecular formula is C15H19N3O. The number of hydrogen-bond donors (Lipinski definition) is 1. The van der Waals surface area contributed by atoms with Gasteiger partial charge in [0, 0.05) is 26.4 Å². The van der Waals surface area contributed by atoms with Crippen LogP contribution in [0.4, 0.5) is 0 Å². The average Bonchev–Trinajstić information content (AvgIpc) is 2.40. The highest BCUT2D eigenvalue weighted by molar-refractivity contribution is 5.22. The standard InChI is InChI=1S/C15H19N3O/c1-12-17-7-6-15(18-12)10-16-9-13-4-3-5-14(8-13)11-19-2/h3-8,16H,9-11H2,1-2H3. The molecule has 4 heteroatoms. The van der Waals surface area contributed by atoms with Crippen LogP contribution in [0.25, 0.3) is 0 Å². The van der Waals surface area contributed by atoms with E-state index in [1.54, 1.807) is 13.3 Å². The molecule has 0 unspecified atom stereocenters. The van der Waals surface area contributed by atoms with E-state index in [0.29, 0.717) is 6.61 Å². The molecule has 0 amide bonds. The molecule has 0 aliphatic carbocycles. The number of ether oxygens (including phenoxy) is 1. The lowest BCUT2D eigenvalue weighted by Gasteiger charge is -2.07. The summed E-state index contributed by atoms with van der Waals surface area (Å²) < 4.78 is 5.13. The van der Waals surface area contributed by atoms with Crippen molar-refractivity contribution in [3.63, 3.8) is 0 Å². The number of methoxy groups -OCH3 is 1. The molecule has 4 nitrogen and oxygen atoms in total. The van der Waals surface area contributed by atoms with Crippen LogP contribution >= 0.6 is 0 Å². The maximum Gasteiger partial charge on any atom is 0.125 e. The first-order valence-corrected chi connectivity index (χ1v) is 6.34. The van der Waals surface area contributed by atoms with Gasteiger partial charge in [0.25, 0.3) is 0 Å². The molecule has 1 aromatic carbocycles. The van der Waals surface area contributed by atoms with Crippen molar-refractivity contribution in [1.29, 1.82) is 0 Å². The predicted molar refractivity (Wildman–Crippen MR) is 74.5 cm³/mol. The van der Waals surface area contributed by atoms with Crippen LogP contribution in [-0.2, 0) is 24.4 Å². The van der Waals surface area contributed by atoms with Crippen molar-refractivity contribution < 1.29 is 4.74 Å². The summed E-state index contributed by atoms with van der Waals surface area (Å²) in [7, 11) is 1.71. The van der Waals surface area contributed by atoms with Gasteiger partial charge in [-0.2, -0.15) is 0 Å². The quantitative estimate of drug-likeness (QED) is 0.862. The second kappa shape index (κ2) is 6.97. The molecule has 1 heterocycles. The van der Waals surface area contributed by atoms with E-state index in [9.17, 15) is 0 Å². The van der Waals surface area contributed by atoms with Gasteiger partial charge in [-0.05, 0) is 24.1 Å². The molecule has 0 saturated carbocycles. The number of aromatic nitrogens is 2. The van der Waals surface area contributed by atoms with Gasteiger partial charge in [0.15, 0.2) is 0 Å². The minimum atomic E-state index is 0.652. The number of hydrogen-bond acceptors (Lipinski definition) is 4. The summed E-state index contributed by atoms with van der Waals surface area (Å²) in [5.41, 5.74) is 3.46. The first-order chi connectivity index (χ1) is 9.28. The van der Waals surface area contributed by atoms with E-state index in [2.05, 4.69) is 39.6 Å². The molecule has 100 valence electrons. The maximum absolute atomic E-state index is 5.13. The summed E-state index contributed by atoms with van der Waals surface area (Å²) in [4.78, 5) is 8.44. The number of benzene rings is 1. The van der Waals surface area contributed by atoms with Crippen molar-refractivity contribution in [2.75, 3.05) is 7.11 Å². The fourth-order valence-corrected chi connectivity index (χ4v) is 1.93. The average molecular weight is 257 g/mol. The lowest BCUT2D eigenvalue weighted by molar-refractivity contribution is 0.185. The second-order valence-electron chi connectivity index (χ2n) is 4.45. The lowest BCUT2D eigenvalue weighted by atomic mass is 10.1. The fourth-order valence-electron chi connectivity index (χ4n) is 1.93. The molecule has 1 aromatic heterocycles. The lowest BCUT2D eigenvalue weighted by Crippen LogP contribution is -2.14. The number of nitrogens with zero attached hydrogens (tertiary/aromatic N) is 2. The third-order valence-electron chi connectivity index (χ3n) is 2.77. The smallest absolute Gasteiger partial charge is 0.125 e. The van der Waals surface area contributed by atoms with E-state index >= 15 is 0 Å². The van der Waals surface area contributed by atoms with Crippen LogP contribution < -0.4 is 5.32 Å². The van der Waals surface area contributed by atoms with Gasteiger partial charge in [-0.15, -0.1) is 0 Å². The van der Waals surface area contributed by atoms with Gasteiger partial charge in [-0.1, -0.05) is 24.3 Å². The minimum absolute atomic E-state index is 0.652. The van der Waals surface area contributed by atoms with Gasteiger partial charge in [0.1, 0.15) is 5.82 Å². The summed E-state index contributed by atoms with van der Waals surface area (Å²) in [6.07, 6.45) is 1.79. The number of aryl methyl sites for hydroxylation is 1. The molecule has 19 heavy (non-hydrogen) atoms. The van der Waals surface area contributed by atoms with Gasteiger partial charge in [-0.3, -0.25) is 0 Å². The molecule has 0 radical (unpaired) electrons. The van der Waals surface area contributed by atoms with E-state index in [1.165, 1.54) is 11.1 Å². The van der Waals surface area contributed by atoms with Crippen molar-refractivity contribution in [2.24, 2.45) is 0 Å². The van der Waals surface area contributed by atoms with Crippen LogP contribution in [0.3, 0.4) is 0 Å². The predicted octanol–water partition coefficient (Wildman–Crippen LogP) is 2.22. The van der Waals surface area contributed by atoms with E-state index in [-0.39, 0.29) is 0 Å². The zero-order valence-electron chi connectivity index (χ0n) is 11.4. The second-order valence-corrected chi connectivity index (χ2v) is 4.45. The molecule has 0 aliphatic rings. The van der Waals surface area contributed by atoms with Crippen molar-refractivity contribution in [3.05, 3.63) is 59.2 Å². The molecule has 0 spiro atoms. The van der Waals surface area contributed by atoms with Crippen molar-refractivity contribution in [3.8, 4) is 0 Å². The summed E-state index contributed by atoms with van der Waals surface area (Å²) in [6.45, 7) is 4.12. The highest BCUT2D eigenvalue weighted by atomic mass is 16.5. The molecular weight excluding hydrogens is 238 g/mol. The van der Waals surface area contributed by atoms with Crippen LogP contribution in [0.2, 0.25) is 0 Å². The summed E-state index contributed by atoms with van der Waals surface area (Å²) in [6, 6.07) is 10.3. The molecule has 2 rings (SSSR count). The van der Waals surface area contributed by atoms with Crippen molar-refractivity contribution >= 4 is 0 Å². The Morgan fingerprint density at radius 3 is 2.79 bits per heavy atom. The molecule has 1 N–H and O–H groups in total. The monoisotopic (exact) mass is 257 g/mol. The van der Waals surface area contributed by atoms with Crippen molar-refractivity contribution in [1.82, 2.24) is 15.3 Å². The van der Waals surface area contributed by atoms with Gasteiger partial charge >= 0.3 is 0 Å². The molecule has 2 aromatic rings. The Bertz CT molecular complexity index is 528. The zero-order valence-corrected chi connectivity index (χ0v) is 11.4. The molecule has 0 fully saturated rings. The number of rotatable bonds is 6. The van der Waals surface area contributed by atoms with Gasteiger partial charge in [0.05, 0.1) is 12.3 Å². The Morgan fingerprint density at radius 2 is 2.00 bits per heavy atom. The Morgan fingerprint density at radius 1 is 1.16 bits per heavy atom. The summed E-state index contributed by atoms with van der Waals surface area (Å²) in [5.74, 6) is 0.807. The SMILES string of the molecule is COCc1cccc(CNCc2ccnc(C)n2)c1. The molecule has 0 saturated heterocycles. The van der Waals surface area contributed by atoms with Crippen LogP contribution in [0, 0.1) is 6.92 Å². The van der Waals surface area contributed by atoms with Crippen LogP contribution in [0.1, 0.15) is 22.6 Å². The largest absolute Gasteiger partial charge is 0.380 e. The van der Waals surface area contributed by atoms with Crippen molar-refractivity contribution in [2.45, 2.75) is 26.6 Å². The third kappa shape index (κ3) is 4.43. The third-order valence-corrected chi connectivity index (χ3v) is 2.77. The van der Waals surface area contributed by atoms with Gasteiger partial charge < -0.3 is 10.1 Å². The Hall–Kier alpha value is -1.78. The van der Waals surface area contributed by atoms with Gasteiger partial charge in [-0.25, -0.2) is 9.97 Å². The molecule has 0 aliphatic heterocycles. The van der Waals surface area contributed by atoms with E-state index in [0.717, 1.165) is 24.6 Å². The van der Waals surface area contributed by atoms with Crippen LogP contribution in [0.15, 0.2) is 36.5 Å². The highest BCUT2D eigenvalue weighted by Crippen LogP contribution is 2.06. The number of nitrogens with one attached hydrogen (secondary N) is 1. The topological polar surface area (TPSA) is 47.0 Å². The normalized spacial score (nSPS) is 10.6. The fraction of sp³-hybridized carbons (Fsp3) is 0.333. The summed E-state index contributed by atoms with van der Waals surface area (Å²) in [5, 5.41) is 3.38. The summed E-state index contributed by atoms with van der Waals surface area (Å²) >= 11 is 0. The Kier molecular flexibility index (Phi) is 5.01. The Balaban J connectivity index is 1.87. The van der Waals surface area contributed by atoms with E-state index in [4.69, 9.17) is 4.74 Å². The molecule has 0 bridgehead atoms. The zero-order chi connectivity index (χ0) is 13.5. The van der Waals surface area contributed by atoms with E-state index < -0.39 is 0 Å². The Labute approximate surface area is 113 Å². The van der Waals surface area contributed by atoms with Crippen LogP contribution in [-0.4, -0.2) is 17.1 Å². The first kappa shape index (κ1) is 13.6. The van der Waals surface area contributed by atoms with E-state index in [1.807, 2.05) is 13.0 Å². The maximum atomic E-state index is 5.13. The first-order valence-electron chi connectivity index (χ1n) is 6.34. The van der Waals surface area contributed by atoms with Crippen LogP contribution in [0.5, 0.6) is 0 Å². The minimum Gasteiger partial charge on any atom is -0.380 e. The highest BCUT2D eigenvalue weighted by Gasteiger charge is 1.98. The van der Waals surface area contributed by atoms with Gasteiger partial charge in [0.2, 0.25) is 0 Å². The molecule has 0 atom stereocenters.